The van der Waals surface area contributed by atoms with Crippen molar-refractivity contribution in [3.05, 3.63) is 65.9 Å². The van der Waals surface area contributed by atoms with Crippen LogP contribution in [0, 0.1) is 6.92 Å². The van der Waals surface area contributed by atoms with Gasteiger partial charge in [0.25, 0.3) is 5.91 Å². The van der Waals surface area contributed by atoms with Gasteiger partial charge in [-0.15, -0.1) is 0 Å². The van der Waals surface area contributed by atoms with Gasteiger partial charge in [-0.3, -0.25) is 4.79 Å². The lowest BCUT2D eigenvalue weighted by molar-refractivity contribution is 0.0968. The Hall–Kier alpha value is -2.55. The van der Waals surface area contributed by atoms with Crippen LogP contribution in [-0.2, 0) is 0 Å². The molecule has 3 rings (SSSR count). The summed E-state index contributed by atoms with van der Waals surface area (Å²) in [6.07, 6.45) is 0. The van der Waals surface area contributed by atoms with Crippen LogP contribution in [0.5, 0.6) is 0 Å². The van der Waals surface area contributed by atoms with E-state index in [9.17, 15) is 4.79 Å². The summed E-state index contributed by atoms with van der Waals surface area (Å²) >= 11 is 0. The Bertz CT molecular complexity index is 759. The predicted octanol–water partition coefficient (Wildman–Crippen LogP) is 4.02. The molecule has 0 radical (unpaired) electrons. The molecule has 0 aliphatic heterocycles. The lowest BCUT2D eigenvalue weighted by Crippen LogP contribution is -2.26. The fourth-order valence-electron chi connectivity index (χ4n) is 2.30. The number of carbonyl (C=O) groups excluding carboxylic acids is 1. The molecule has 0 bridgehead atoms. The first-order chi connectivity index (χ1) is 9.68. The quantitative estimate of drug-likeness (QED) is 0.701. The summed E-state index contributed by atoms with van der Waals surface area (Å²) in [5.41, 5.74) is 2.47. The van der Waals surface area contributed by atoms with Crippen molar-refractivity contribution in [1.29, 1.82) is 0 Å². The van der Waals surface area contributed by atoms with Crippen molar-refractivity contribution in [1.82, 2.24) is 0 Å². The van der Waals surface area contributed by atoms with E-state index in [1.54, 1.807) is 11.9 Å². The first-order valence-corrected chi connectivity index (χ1v) is 6.49. The monoisotopic (exact) mass is 265 g/mol. The third-order valence-electron chi connectivity index (χ3n) is 3.49. The third kappa shape index (κ3) is 1.97. The highest BCUT2D eigenvalue weighted by Crippen LogP contribution is 2.26. The summed E-state index contributed by atoms with van der Waals surface area (Å²) in [6.45, 7) is 1.91. The predicted molar refractivity (Wildman–Crippen MR) is 80.1 cm³/mol. The van der Waals surface area contributed by atoms with Crippen LogP contribution < -0.4 is 4.90 Å². The molecule has 1 heterocycles. The highest BCUT2D eigenvalue weighted by molar-refractivity contribution is 6.07. The molecular formula is C17H15NO2. The lowest BCUT2D eigenvalue weighted by atomic mass is 10.1. The van der Waals surface area contributed by atoms with Crippen LogP contribution >= 0.6 is 0 Å². The molecule has 3 aromatic rings. The van der Waals surface area contributed by atoms with Gasteiger partial charge >= 0.3 is 0 Å². The van der Waals surface area contributed by atoms with E-state index in [1.807, 2.05) is 61.5 Å². The molecule has 1 aromatic heterocycles. The minimum atomic E-state index is -0.134. The van der Waals surface area contributed by atoms with Gasteiger partial charge in [-0.25, -0.2) is 0 Å². The minimum Gasteiger partial charge on any atom is -0.451 e. The first kappa shape index (κ1) is 12.5. The maximum absolute atomic E-state index is 12.6. The number of hydrogen-bond acceptors (Lipinski definition) is 2. The van der Waals surface area contributed by atoms with Crippen molar-refractivity contribution in [3.8, 4) is 0 Å². The largest absolute Gasteiger partial charge is 0.451 e. The van der Waals surface area contributed by atoms with E-state index in [1.165, 1.54) is 0 Å². The molecule has 20 heavy (non-hydrogen) atoms. The molecule has 0 saturated heterocycles. The van der Waals surface area contributed by atoms with E-state index >= 15 is 0 Å². The summed E-state index contributed by atoms with van der Waals surface area (Å²) in [5.74, 6) is 0.266. The molecule has 100 valence electrons. The Balaban J connectivity index is 2.03. The number of anilines is 1. The number of aryl methyl sites for hydroxylation is 1. The van der Waals surface area contributed by atoms with E-state index in [4.69, 9.17) is 4.42 Å². The normalized spacial score (nSPS) is 10.7. The van der Waals surface area contributed by atoms with Crippen molar-refractivity contribution >= 4 is 22.6 Å². The summed E-state index contributed by atoms with van der Waals surface area (Å²) in [5, 5.41) is 0.984. The van der Waals surface area contributed by atoms with Crippen LogP contribution in [0.1, 0.15) is 16.1 Å². The van der Waals surface area contributed by atoms with Gasteiger partial charge < -0.3 is 9.32 Å². The zero-order valence-electron chi connectivity index (χ0n) is 11.5. The van der Waals surface area contributed by atoms with E-state index in [-0.39, 0.29) is 5.91 Å². The van der Waals surface area contributed by atoms with Gasteiger partial charge in [0.1, 0.15) is 5.58 Å². The number of rotatable bonds is 2. The maximum atomic E-state index is 12.6. The number of hydrogen-bond donors (Lipinski definition) is 0. The van der Waals surface area contributed by atoms with Crippen LogP contribution in [0.3, 0.4) is 0 Å². The molecule has 0 fully saturated rings. The molecular weight excluding hydrogens is 250 g/mol. The number of fused-ring (bicyclic) bond motifs is 1. The maximum Gasteiger partial charge on any atom is 0.294 e. The average molecular weight is 265 g/mol. The fourth-order valence-corrected chi connectivity index (χ4v) is 2.30. The number of carbonyl (C=O) groups is 1. The van der Waals surface area contributed by atoms with Crippen molar-refractivity contribution in [2.75, 3.05) is 11.9 Å². The van der Waals surface area contributed by atoms with Crippen molar-refractivity contribution in [3.63, 3.8) is 0 Å². The molecule has 0 aliphatic rings. The molecule has 0 saturated carbocycles. The van der Waals surface area contributed by atoms with Crippen LogP contribution in [0.25, 0.3) is 11.0 Å². The molecule has 2 aromatic carbocycles. The highest BCUT2D eigenvalue weighted by Gasteiger charge is 2.21. The zero-order valence-corrected chi connectivity index (χ0v) is 11.5. The first-order valence-electron chi connectivity index (χ1n) is 6.49. The van der Waals surface area contributed by atoms with Gasteiger partial charge in [0.2, 0.25) is 0 Å². The average Bonchev–Trinajstić information content (AvgIpc) is 2.84. The number of para-hydroxylation sites is 2. The molecule has 1 amide bonds. The summed E-state index contributed by atoms with van der Waals surface area (Å²) in [7, 11) is 1.75. The molecule has 0 unspecified atom stereocenters. The standard InChI is InChI=1S/C17H15NO2/c1-12-14-10-6-7-11-15(14)20-16(12)17(19)18(2)13-8-4-3-5-9-13/h3-11H,1-2H3. The molecule has 0 spiro atoms. The van der Waals surface area contributed by atoms with Crippen LogP contribution in [0.2, 0.25) is 0 Å². The minimum absolute atomic E-state index is 0.134. The molecule has 0 aliphatic carbocycles. The van der Waals surface area contributed by atoms with Crippen molar-refractivity contribution in [2.24, 2.45) is 0 Å². The van der Waals surface area contributed by atoms with Crippen LogP contribution in [0.4, 0.5) is 5.69 Å². The van der Waals surface area contributed by atoms with Gasteiger partial charge in [-0.2, -0.15) is 0 Å². The second kappa shape index (κ2) is 4.85. The highest BCUT2D eigenvalue weighted by atomic mass is 16.3. The van der Waals surface area contributed by atoms with E-state index < -0.39 is 0 Å². The summed E-state index contributed by atoms with van der Waals surface area (Å²) in [4.78, 5) is 14.2. The zero-order chi connectivity index (χ0) is 14.1. The number of amides is 1. The fraction of sp³-hybridized carbons (Fsp3) is 0.118. The summed E-state index contributed by atoms with van der Waals surface area (Å²) < 4.78 is 5.71. The van der Waals surface area contributed by atoms with Gasteiger partial charge in [0.05, 0.1) is 0 Å². The smallest absolute Gasteiger partial charge is 0.294 e. The summed E-state index contributed by atoms with van der Waals surface area (Å²) in [6, 6.07) is 17.2. The Morgan fingerprint density at radius 1 is 1.00 bits per heavy atom. The van der Waals surface area contributed by atoms with E-state index in [0.29, 0.717) is 5.76 Å². The van der Waals surface area contributed by atoms with Gasteiger partial charge in [-0.05, 0) is 25.1 Å². The molecule has 3 nitrogen and oxygen atoms in total. The number of furan rings is 1. The topological polar surface area (TPSA) is 33.5 Å². The SMILES string of the molecule is Cc1c(C(=O)N(C)c2ccccc2)oc2ccccc12. The van der Waals surface area contributed by atoms with E-state index in [2.05, 4.69) is 0 Å². The number of nitrogens with zero attached hydrogens (tertiary/aromatic N) is 1. The van der Waals surface area contributed by atoms with Gasteiger partial charge in [-0.1, -0.05) is 36.4 Å². The lowest BCUT2D eigenvalue weighted by Gasteiger charge is -2.16. The molecule has 0 N–H and O–H groups in total. The van der Waals surface area contributed by atoms with Crippen LogP contribution in [0.15, 0.2) is 59.0 Å². The second-order valence-corrected chi connectivity index (χ2v) is 4.75. The molecule has 0 atom stereocenters. The number of benzene rings is 2. The van der Waals surface area contributed by atoms with E-state index in [0.717, 1.165) is 22.2 Å². The Morgan fingerprint density at radius 2 is 1.65 bits per heavy atom. The Morgan fingerprint density at radius 3 is 2.35 bits per heavy atom. The van der Waals surface area contributed by atoms with Gasteiger partial charge in [0, 0.05) is 23.7 Å². The second-order valence-electron chi connectivity index (χ2n) is 4.75. The van der Waals surface area contributed by atoms with Crippen molar-refractivity contribution < 1.29 is 9.21 Å². The van der Waals surface area contributed by atoms with Gasteiger partial charge in [0.15, 0.2) is 5.76 Å². The Kier molecular flexibility index (Phi) is 3.03. The molecule has 3 heteroatoms. The third-order valence-corrected chi connectivity index (χ3v) is 3.49. The van der Waals surface area contributed by atoms with Crippen molar-refractivity contribution in [2.45, 2.75) is 6.92 Å². The van der Waals surface area contributed by atoms with Crippen LogP contribution in [-0.4, -0.2) is 13.0 Å². The Labute approximate surface area is 117 Å².